The van der Waals surface area contributed by atoms with Gasteiger partial charge in [0.15, 0.2) is 5.78 Å². The van der Waals surface area contributed by atoms with Gasteiger partial charge in [-0.1, -0.05) is 29.8 Å². The molecule has 2 aromatic carbocycles. The molecule has 0 unspecified atom stereocenters. The van der Waals surface area contributed by atoms with Crippen LogP contribution in [0.25, 0.3) is 0 Å². The van der Waals surface area contributed by atoms with E-state index in [0.29, 0.717) is 12.2 Å². The maximum absolute atomic E-state index is 11.1. The zero-order valence-corrected chi connectivity index (χ0v) is 10.6. The number of aryl methyl sites for hydroxylation is 1. The van der Waals surface area contributed by atoms with Crippen molar-refractivity contribution in [2.24, 2.45) is 0 Å². The topological polar surface area (TPSA) is 26.3 Å². The molecule has 0 aliphatic rings. The number of carbonyl (C=O) groups is 1. The standard InChI is InChI=1S/C16H16O2/c1-12-4-3-5-14(10-12)11-18-16-8-6-15(7-9-16)13(2)17/h3-10H,11H2,1-2H3. The lowest BCUT2D eigenvalue weighted by Crippen LogP contribution is -1.97. The summed E-state index contributed by atoms with van der Waals surface area (Å²) in [5, 5.41) is 0. The van der Waals surface area contributed by atoms with Gasteiger partial charge in [0.1, 0.15) is 12.4 Å². The van der Waals surface area contributed by atoms with Gasteiger partial charge >= 0.3 is 0 Å². The summed E-state index contributed by atoms with van der Waals surface area (Å²) in [7, 11) is 0. The number of ether oxygens (including phenoxy) is 1. The smallest absolute Gasteiger partial charge is 0.159 e. The van der Waals surface area contributed by atoms with E-state index in [9.17, 15) is 4.79 Å². The molecule has 0 saturated carbocycles. The second-order valence-corrected chi connectivity index (χ2v) is 4.36. The van der Waals surface area contributed by atoms with Crippen LogP contribution in [0.3, 0.4) is 0 Å². The van der Waals surface area contributed by atoms with Crippen molar-refractivity contribution in [1.82, 2.24) is 0 Å². The van der Waals surface area contributed by atoms with Crippen LogP contribution in [0.1, 0.15) is 28.4 Å². The van der Waals surface area contributed by atoms with E-state index in [1.54, 1.807) is 19.1 Å². The third-order valence-electron chi connectivity index (χ3n) is 2.75. The third-order valence-corrected chi connectivity index (χ3v) is 2.75. The Morgan fingerprint density at radius 1 is 1.11 bits per heavy atom. The van der Waals surface area contributed by atoms with Crippen LogP contribution < -0.4 is 4.74 Å². The fourth-order valence-corrected chi connectivity index (χ4v) is 1.75. The first-order valence-corrected chi connectivity index (χ1v) is 5.94. The summed E-state index contributed by atoms with van der Waals surface area (Å²) in [4.78, 5) is 11.1. The summed E-state index contributed by atoms with van der Waals surface area (Å²) in [6.07, 6.45) is 0. The Morgan fingerprint density at radius 3 is 2.44 bits per heavy atom. The van der Waals surface area contributed by atoms with Crippen molar-refractivity contribution < 1.29 is 9.53 Å². The second kappa shape index (κ2) is 5.50. The molecule has 0 heterocycles. The molecule has 18 heavy (non-hydrogen) atoms. The van der Waals surface area contributed by atoms with Gasteiger partial charge in [0.05, 0.1) is 0 Å². The number of hydrogen-bond donors (Lipinski definition) is 0. The molecule has 0 aliphatic heterocycles. The van der Waals surface area contributed by atoms with Crippen molar-refractivity contribution in [2.75, 3.05) is 0 Å². The SMILES string of the molecule is CC(=O)c1ccc(OCc2cccc(C)c2)cc1. The number of Topliss-reactive ketones (excluding diaryl/α,β-unsaturated/α-hetero) is 1. The Morgan fingerprint density at radius 2 is 1.83 bits per heavy atom. The Kier molecular flexibility index (Phi) is 3.78. The molecule has 0 aromatic heterocycles. The fourth-order valence-electron chi connectivity index (χ4n) is 1.75. The molecule has 2 rings (SSSR count). The summed E-state index contributed by atoms with van der Waals surface area (Å²) < 4.78 is 5.67. The van der Waals surface area contributed by atoms with Crippen molar-refractivity contribution in [3.8, 4) is 5.75 Å². The predicted octanol–water partition coefficient (Wildman–Crippen LogP) is 3.78. The number of ketones is 1. The largest absolute Gasteiger partial charge is 0.489 e. The van der Waals surface area contributed by atoms with Gasteiger partial charge in [0.2, 0.25) is 0 Å². The van der Waals surface area contributed by atoms with E-state index in [1.165, 1.54) is 5.56 Å². The van der Waals surface area contributed by atoms with E-state index in [0.717, 1.165) is 11.3 Å². The van der Waals surface area contributed by atoms with Crippen molar-refractivity contribution in [1.29, 1.82) is 0 Å². The molecule has 0 amide bonds. The maximum Gasteiger partial charge on any atom is 0.159 e. The zero-order valence-electron chi connectivity index (χ0n) is 10.6. The first kappa shape index (κ1) is 12.4. The second-order valence-electron chi connectivity index (χ2n) is 4.36. The van der Waals surface area contributed by atoms with Crippen molar-refractivity contribution in [2.45, 2.75) is 20.5 Å². The lowest BCUT2D eigenvalue weighted by molar-refractivity contribution is 0.101. The summed E-state index contributed by atoms with van der Waals surface area (Å²) >= 11 is 0. The van der Waals surface area contributed by atoms with E-state index in [4.69, 9.17) is 4.74 Å². The normalized spacial score (nSPS) is 10.1. The van der Waals surface area contributed by atoms with E-state index in [-0.39, 0.29) is 5.78 Å². The molecule has 2 nitrogen and oxygen atoms in total. The molecule has 0 atom stereocenters. The van der Waals surface area contributed by atoms with Gasteiger partial charge in [0.25, 0.3) is 0 Å². The Balaban J connectivity index is 2.00. The number of hydrogen-bond acceptors (Lipinski definition) is 2. The first-order valence-electron chi connectivity index (χ1n) is 5.94. The molecule has 0 bridgehead atoms. The highest BCUT2D eigenvalue weighted by molar-refractivity contribution is 5.94. The monoisotopic (exact) mass is 240 g/mol. The molecule has 0 N–H and O–H groups in total. The molecular weight excluding hydrogens is 224 g/mol. The van der Waals surface area contributed by atoms with E-state index in [1.807, 2.05) is 24.3 Å². The van der Waals surface area contributed by atoms with Gasteiger partial charge in [-0.15, -0.1) is 0 Å². The maximum atomic E-state index is 11.1. The van der Waals surface area contributed by atoms with E-state index < -0.39 is 0 Å². The highest BCUT2D eigenvalue weighted by atomic mass is 16.5. The number of carbonyl (C=O) groups excluding carboxylic acids is 1. The predicted molar refractivity (Wildman–Crippen MR) is 72.0 cm³/mol. The molecule has 0 fully saturated rings. The van der Waals surface area contributed by atoms with Gasteiger partial charge in [0, 0.05) is 5.56 Å². The van der Waals surface area contributed by atoms with Gasteiger partial charge in [-0.3, -0.25) is 4.79 Å². The van der Waals surface area contributed by atoms with Crippen LogP contribution in [0.5, 0.6) is 5.75 Å². The fraction of sp³-hybridized carbons (Fsp3) is 0.188. The van der Waals surface area contributed by atoms with Crippen LogP contribution in [0.15, 0.2) is 48.5 Å². The average Bonchev–Trinajstić information content (AvgIpc) is 2.37. The van der Waals surface area contributed by atoms with Crippen LogP contribution in [-0.4, -0.2) is 5.78 Å². The minimum absolute atomic E-state index is 0.0697. The van der Waals surface area contributed by atoms with Gasteiger partial charge in [-0.05, 0) is 43.7 Å². The van der Waals surface area contributed by atoms with E-state index in [2.05, 4.69) is 19.1 Å². The van der Waals surface area contributed by atoms with Gasteiger partial charge in [-0.25, -0.2) is 0 Å². The number of rotatable bonds is 4. The van der Waals surface area contributed by atoms with Crippen LogP contribution in [0.2, 0.25) is 0 Å². The molecule has 92 valence electrons. The summed E-state index contributed by atoms with van der Waals surface area (Å²) in [6, 6.07) is 15.4. The first-order chi connectivity index (χ1) is 8.65. The van der Waals surface area contributed by atoms with Crippen molar-refractivity contribution in [3.63, 3.8) is 0 Å². The molecule has 0 aliphatic carbocycles. The van der Waals surface area contributed by atoms with Gasteiger partial charge in [-0.2, -0.15) is 0 Å². The zero-order chi connectivity index (χ0) is 13.0. The average molecular weight is 240 g/mol. The summed E-state index contributed by atoms with van der Waals surface area (Å²) in [5.41, 5.74) is 3.08. The van der Waals surface area contributed by atoms with Crippen LogP contribution >= 0.6 is 0 Å². The molecular formula is C16H16O2. The van der Waals surface area contributed by atoms with Crippen molar-refractivity contribution in [3.05, 3.63) is 65.2 Å². The van der Waals surface area contributed by atoms with Crippen molar-refractivity contribution >= 4 is 5.78 Å². The third kappa shape index (κ3) is 3.20. The van der Waals surface area contributed by atoms with Crippen LogP contribution in [0.4, 0.5) is 0 Å². The molecule has 0 spiro atoms. The molecule has 2 heteroatoms. The lowest BCUT2D eigenvalue weighted by atomic mass is 10.1. The quantitative estimate of drug-likeness (QED) is 0.760. The number of benzene rings is 2. The highest BCUT2D eigenvalue weighted by Crippen LogP contribution is 2.15. The van der Waals surface area contributed by atoms with Gasteiger partial charge < -0.3 is 4.74 Å². The minimum Gasteiger partial charge on any atom is -0.489 e. The Hall–Kier alpha value is -2.09. The summed E-state index contributed by atoms with van der Waals surface area (Å²) in [6.45, 7) is 4.16. The highest BCUT2D eigenvalue weighted by Gasteiger charge is 2.00. The molecule has 0 radical (unpaired) electrons. The lowest BCUT2D eigenvalue weighted by Gasteiger charge is -2.07. The van der Waals surface area contributed by atoms with E-state index >= 15 is 0 Å². The summed E-state index contributed by atoms with van der Waals surface area (Å²) in [5.74, 6) is 0.849. The Labute approximate surface area is 107 Å². The Bertz CT molecular complexity index is 541. The molecule has 2 aromatic rings. The molecule has 0 saturated heterocycles. The van der Waals surface area contributed by atoms with Crippen LogP contribution in [-0.2, 0) is 6.61 Å². The van der Waals surface area contributed by atoms with Crippen LogP contribution in [0, 0.1) is 6.92 Å². The minimum atomic E-state index is 0.0697.